The van der Waals surface area contributed by atoms with Gasteiger partial charge in [0.05, 0.1) is 0 Å². The van der Waals surface area contributed by atoms with Gasteiger partial charge in [0.2, 0.25) is 0 Å². The van der Waals surface area contributed by atoms with E-state index in [1.165, 1.54) is 0 Å². The minimum atomic E-state index is -0.753. The van der Waals surface area contributed by atoms with Gasteiger partial charge in [-0.05, 0) is 37.5 Å². The molecule has 1 atom stereocenters. The Bertz CT molecular complexity index is 353. The average molecular weight is 284 g/mol. The van der Waals surface area contributed by atoms with Crippen LogP contribution in [0, 0.1) is 11.8 Å². The van der Waals surface area contributed by atoms with E-state index in [9.17, 15) is 14.7 Å². The number of carbonyl (C=O) groups is 2. The van der Waals surface area contributed by atoms with Gasteiger partial charge in [-0.1, -0.05) is 0 Å². The fourth-order valence-corrected chi connectivity index (χ4v) is 3.16. The Kier molecular flexibility index (Phi) is 5.23. The summed E-state index contributed by atoms with van der Waals surface area (Å²) in [6.45, 7) is 2.85. The first-order valence-corrected chi connectivity index (χ1v) is 7.46. The third kappa shape index (κ3) is 3.85. The van der Waals surface area contributed by atoms with Crippen molar-refractivity contribution in [3.8, 4) is 0 Å². The van der Waals surface area contributed by atoms with Crippen molar-refractivity contribution in [2.45, 2.75) is 32.1 Å². The molecule has 0 aliphatic carbocycles. The Hall–Kier alpha value is -1.30. The van der Waals surface area contributed by atoms with Crippen LogP contribution in [0.5, 0.6) is 0 Å². The molecule has 20 heavy (non-hydrogen) atoms. The van der Waals surface area contributed by atoms with E-state index in [4.69, 9.17) is 5.11 Å². The molecule has 6 nitrogen and oxygen atoms in total. The number of aliphatic hydroxyl groups excluding tert-OH is 1. The summed E-state index contributed by atoms with van der Waals surface area (Å²) < 4.78 is 0. The van der Waals surface area contributed by atoms with Crippen LogP contribution < -0.4 is 0 Å². The molecule has 0 aromatic carbocycles. The molecule has 0 radical (unpaired) electrons. The molecule has 2 aliphatic heterocycles. The van der Waals surface area contributed by atoms with Crippen molar-refractivity contribution < 1.29 is 19.8 Å². The molecule has 114 valence electrons. The fourth-order valence-electron chi connectivity index (χ4n) is 3.16. The molecule has 0 aromatic heterocycles. The van der Waals surface area contributed by atoms with Crippen LogP contribution in [-0.4, -0.2) is 64.8 Å². The first-order valence-electron chi connectivity index (χ1n) is 7.46. The lowest BCUT2D eigenvalue weighted by Crippen LogP contribution is -2.50. The molecule has 2 N–H and O–H groups in total. The molecule has 0 bridgehead atoms. The van der Waals surface area contributed by atoms with E-state index in [2.05, 4.69) is 0 Å². The van der Waals surface area contributed by atoms with E-state index >= 15 is 0 Å². The summed E-state index contributed by atoms with van der Waals surface area (Å²) in [5, 5.41) is 18.0. The molecule has 2 rings (SSSR count). The van der Waals surface area contributed by atoms with Crippen LogP contribution in [0.15, 0.2) is 0 Å². The summed E-state index contributed by atoms with van der Waals surface area (Å²) in [6.07, 6.45) is 3.69. The lowest BCUT2D eigenvalue weighted by molar-refractivity contribution is -0.138. The van der Waals surface area contributed by atoms with E-state index in [-0.39, 0.29) is 30.9 Å². The van der Waals surface area contributed by atoms with Gasteiger partial charge >= 0.3 is 12.0 Å². The molecule has 6 heteroatoms. The maximum Gasteiger partial charge on any atom is 0.320 e. The summed E-state index contributed by atoms with van der Waals surface area (Å²) in [6, 6.07) is 0.0527. The molecule has 2 fully saturated rings. The fraction of sp³-hybridized carbons (Fsp3) is 0.857. The first-order chi connectivity index (χ1) is 9.60. The zero-order chi connectivity index (χ0) is 14.5. The molecule has 1 unspecified atom stereocenters. The number of carbonyl (C=O) groups excluding carboxylic acids is 1. The number of hydrogen-bond donors (Lipinski definition) is 2. The largest absolute Gasteiger partial charge is 0.481 e. The maximum absolute atomic E-state index is 12.4. The molecule has 2 aliphatic rings. The highest BCUT2D eigenvalue weighted by molar-refractivity contribution is 5.74. The minimum Gasteiger partial charge on any atom is -0.481 e. The summed E-state index contributed by atoms with van der Waals surface area (Å²) in [5.41, 5.74) is 0. The monoisotopic (exact) mass is 284 g/mol. The number of hydrogen-bond acceptors (Lipinski definition) is 3. The zero-order valence-electron chi connectivity index (χ0n) is 11.8. The van der Waals surface area contributed by atoms with Gasteiger partial charge in [-0.3, -0.25) is 4.79 Å². The van der Waals surface area contributed by atoms with Gasteiger partial charge in [-0.2, -0.15) is 0 Å². The Labute approximate surface area is 119 Å². The topological polar surface area (TPSA) is 81.1 Å². The van der Waals surface area contributed by atoms with Crippen molar-refractivity contribution in [3.05, 3.63) is 0 Å². The van der Waals surface area contributed by atoms with E-state index in [1.807, 2.05) is 9.80 Å². The average Bonchev–Trinajstić information content (AvgIpc) is 2.47. The number of urea groups is 1. The summed E-state index contributed by atoms with van der Waals surface area (Å²) in [4.78, 5) is 26.8. The molecule has 0 saturated carbocycles. The van der Waals surface area contributed by atoms with Gasteiger partial charge in [0.1, 0.15) is 0 Å². The molecule has 2 amide bonds. The zero-order valence-corrected chi connectivity index (χ0v) is 11.8. The SMILES string of the molecule is O=C(O)CC1CCN(C(=O)N2CCCC(CO)C2)CC1. The molecule has 2 saturated heterocycles. The Balaban J connectivity index is 1.80. The van der Waals surface area contributed by atoms with Crippen molar-refractivity contribution in [2.24, 2.45) is 11.8 Å². The normalized spacial score (nSPS) is 24.8. The number of carboxylic acid groups (broad SMARTS) is 1. The van der Waals surface area contributed by atoms with Crippen molar-refractivity contribution in [1.29, 1.82) is 0 Å². The molecule has 0 aromatic rings. The van der Waals surface area contributed by atoms with Gasteiger partial charge in [0, 0.05) is 39.2 Å². The second kappa shape index (κ2) is 6.92. The maximum atomic E-state index is 12.4. The van der Waals surface area contributed by atoms with Crippen LogP contribution in [0.3, 0.4) is 0 Å². The smallest absolute Gasteiger partial charge is 0.320 e. The minimum absolute atomic E-state index is 0.0527. The summed E-state index contributed by atoms with van der Waals surface area (Å²) in [5.74, 6) is -0.350. The van der Waals surface area contributed by atoms with Crippen molar-refractivity contribution >= 4 is 12.0 Å². The van der Waals surface area contributed by atoms with Crippen molar-refractivity contribution in [2.75, 3.05) is 32.8 Å². The number of rotatable bonds is 3. The highest BCUT2D eigenvalue weighted by Crippen LogP contribution is 2.23. The number of piperidine rings is 2. The summed E-state index contributed by atoms with van der Waals surface area (Å²) in [7, 11) is 0. The molecule has 0 spiro atoms. The van der Waals surface area contributed by atoms with Crippen LogP contribution in [-0.2, 0) is 4.79 Å². The number of amides is 2. The van der Waals surface area contributed by atoms with Crippen LogP contribution in [0.2, 0.25) is 0 Å². The van der Waals surface area contributed by atoms with Crippen molar-refractivity contribution in [1.82, 2.24) is 9.80 Å². The van der Waals surface area contributed by atoms with E-state index in [0.29, 0.717) is 19.6 Å². The van der Waals surface area contributed by atoms with Gasteiger partial charge in [0.15, 0.2) is 0 Å². The predicted molar refractivity (Wildman–Crippen MR) is 73.3 cm³/mol. The quantitative estimate of drug-likeness (QED) is 0.810. The molecular formula is C14H24N2O4. The number of nitrogens with zero attached hydrogens (tertiary/aromatic N) is 2. The first kappa shape index (κ1) is 15.1. The van der Waals surface area contributed by atoms with Gasteiger partial charge < -0.3 is 20.0 Å². The standard InChI is InChI=1S/C14H24N2O4/c17-10-12-2-1-5-16(9-12)14(20)15-6-3-11(4-7-15)8-13(18)19/h11-12,17H,1-10H2,(H,18,19). The van der Waals surface area contributed by atoms with Gasteiger partial charge in [-0.25, -0.2) is 4.79 Å². The van der Waals surface area contributed by atoms with Crippen LogP contribution in [0.1, 0.15) is 32.1 Å². The number of likely N-dealkylation sites (tertiary alicyclic amines) is 2. The highest BCUT2D eigenvalue weighted by Gasteiger charge is 2.29. The van der Waals surface area contributed by atoms with Crippen LogP contribution in [0.25, 0.3) is 0 Å². The third-order valence-electron chi connectivity index (χ3n) is 4.40. The highest BCUT2D eigenvalue weighted by atomic mass is 16.4. The Morgan fingerprint density at radius 1 is 1.00 bits per heavy atom. The Morgan fingerprint density at radius 2 is 1.70 bits per heavy atom. The van der Waals surface area contributed by atoms with Crippen LogP contribution >= 0.6 is 0 Å². The lowest BCUT2D eigenvalue weighted by Gasteiger charge is -2.38. The van der Waals surface area contributed by atoms with E-state index in [1.54, 1.807) is 0 Å². The summed E-state index contributed by atoms with van der Waals surface area (Å²) >= 11 is 0. The van der Waals surface area contributed by atoms with Gasteiger partial charge in [-0.15, -0.1) is 0 Å². The van der Waals surface area contributed by atoms with Crippen LogP contribution in [0.4, 0.5) is 4.79 Å². The molecule has 2 heterocycles. The number of aliphatic carboxylic acids is 1. The second-order valence-electron chi connectivity index (χ2n) is 5.95. The van der Waals surface area contributed by atoms with Crippen molar-refractivity contribution in [3.63, 3.8) is 0 Å². The van der Waals surface area contributed by atoms with E-state index < -0.39 is 5.97 Å². The molecular weight excluding hydrogens is 260 g/mol. The Morgan fingerprint density at radius 3 is 2.30 bits per heavy atom. The second-order valence-corrected chi connectivity index (χ2v) is 5.95. The lowest BCUT2D eigenvalue weighted by atomic mass is 9.93. The number of carboxylic acids is 1. The van der Waals surface area contributed by atoms with E-state index in [0.717, 1.165) is 32.2 Å². The number of aliphatic hydroxyl groups is 1. The third-order valence-corrected chi connectivity index (χ3v) is 4.40. The van der Waals surface area contributed by atoms with Gasteiger partial charge in [0.25, 0.3) is 0 Å². The predicted octanol–water partition coefficient (Wildman–Crippen LogP) is 0.997.